The molecular weight excluding hydrogens is 328 g/mol. The topological polar surface area (TPSA) is 81.8 Å². The van der Waals surface area contributed by atoms with Crippen LogP contribution in [0.5, 0.6) is 0 Å². The summed E-state index contributed by atoms with van der Waals surface area (Å²) in [4.78, 5) is 3.87. The summed E-state index contributed by atoms with van der Waals surface area (Å²) in [6, 6.07) is -0.350. The van der Waals surface area contributed by atoms with Gasteiger partial charge in [-0.25, -0.2) is 13.4 Å². The molecule has 0 aromatic heterocycles. The van der Waals surface area contributed by atoms with E-state index >= 15 is 0 Å². The summed E-state index contributed by atoms with van der Waals surface area (Å²) in [5.74, 6) is -0.0468. The monoisotopic (exact) mass is 332 g/mol. The van der Waals surface area contributed by atoms with Crippen LogP contribution >= 0.6 is 31.9 Å². The maximum Gasteiger partial charge on any atom is 0.282 e. The summed E-state index contributed by atoms with van der Waals surface area (Å²) in [5, 5.41) is 0. The molecule has 0 saturated carbocycles. The van der Waals surface area contributed by atoms with Gasteiger partial charge in [-0.15, -0.1) is 0 Å². The van der Waals surface area contributed by atoms with Gasteiger partial charge in [0.25, 0.3) is 6.02 Å². The van der Waals surface area contributed by atoms with E-state index in [1.807, 2.05) is 0 Å². The normalized spacial score (nSPS) is 39.4. The van der Waals surface area contributed by atoms with E-state index in [4.69, 9.17) is 10.5 Å². The van der Waals surface area contributed by atoms with Crippen LogP contribution in [0.15, 0.2) is 4.99 Å². The molecule has 2 atom stereocenters. The van der Waals surface area contributed by atoms with Crippen LogP contribution in [-0.2, 0) is 14.6 Å². The van der Waals surface area contributed by atoms with Crippen LogP contribution in [0.1, 0.15) is 0 Å². The van der Waals surface area contributed by atoms with Crippen LogP contribution in [0.4, 0.5) is 0 Å². The van der Waals surface area contributed by atoms with Gasteiger partial charge in [-0.05, 0) is 0 Å². The number of ether oxygens (including phenoxy) is 1. The summed E-state index contributed by atoms with van der Waals surface area (Å²) in [6.07, 6.45) is -0.572. The molecule has 8 heteroatoms. The smallest absolute Gasteiger partial charge is 0.282 e. The first-order valence-corrected chi connectivity index (χ1v) is 6.68. The van der Waals surface area contributed by atoms with Crippen LogP contribution < -0.4 is 5.73 Å². The Kier molecular flexibility index (Phi) is 1.95. The fourth-order valence-corrected chi connectivity index (χ4v) is 4.47. The minimum Gasteiger partial charge on any atom is -0.456 e. The first-order valence-electron chi connectivity index (χ1n) is 3.44. The van der Waals surface area contributed by atoms with Gasteiger partial charge in [0.05, 0.1) is 5.75 Å². The van der Waals surface area contributed by atoms with Gasteiger partial charge < -0.3 is 10.5 Å². The van der Waals surface area contributed by atoms with Crippen LogP contribution in [0.3, 0.4) is 0 Å². The summed E-state index contributed by atoms with van der Waals surface area (Å²) < 4.78 is 26.9. The summed E-state index contributed by atoms with van der Waals surface area (Å²) in [6.45, 7) is 0. The zero-order chi connectivity index (χ0) is 9.85. The molecule has 0 aromatic carbocycles. The standard InChI is InChI=1S/C5H6Br2N2O3S/c6-5(7)3-2(1-13(5,10)11)9-4(8)12-3/h2-3H,1H2,(H2,8,9)/t2-,3+/m0/s1. The van der Waals surface area contributed by atoms with E-state index in [0.717, 1.165) is 0 Å². The maximum absolute atomic E-state index is 11.5. The zero-order valence-corrected chi connectivity index (χ0v) is 10.3. The van der Waals surface area contributed by atoms with E-state index in [0.29, 0.717) is 0 Å². The van der Waals surface area contributed by atoms with Crippen molar-refractivity contribution in [2.24, 2.45) is 10.7 Å². The van der Waals surface area contributed by atoms with E-state index in [9.17, 15) is 8.42 Å². The van der Waals surface area contributed by atoms with E-state index in [2.05, 4.69) is 36.9 Å². The summed E-state index contributed by atoms with van der Waals surface area (Å²) in [7, 11) is -3.26. The van der Waals surface area contributed by atoms with Gasteiger partial charge in [-0.1, -0.05) is 31.9 Å². The lowest BCUT2D eigenvalue weighted by molar-refractivity contribution is 0.216. The Bertz CT molecular complexity index is 377. The van der Waals surface area contributed by atoms with E-state index in [-0.39, 0.29) is 11.8 Å². The predicted molar refractivity (Wildman–Crippen MR) is 54.7 cm³/mol. The predicted octanol–water partition coefficient (Wildman–Crippen LogP) is -0.0595. The average Bonchev–Trinajstić information content (AvgIpc) is 2.35. The number of sulfone groups is 1. The summed E-state index contributed by atoms with van der Waals surface area (Å²) in [5.41, 5.74) is 5.33. The third kappa shape index (κ3) is 1.22. The van der Waals surface area contributed by atoms with Crippen molar-refractivity contribution < 1.29 is 13.2 Å². The molecule has 13 heavy (non-hydrogen) atoms. The highest BCUT2D eigenvalue weighted by Crippen LogP contribution is 2.47. The van der Waals surface area contributed by atoms with E-state index in [1.54, 1.807) is 0 Å². The highest BCUT2D eigenvalue weighted by molar-refractivity contribution is 9.28. The molecule has 2 aliphatic heterocycles. The fraction of sp³-hybridized carbons (Fsp3) is 0.800. The van der Waals surface area contributed by atoms with Crippen LogP contribution in [-0.4, -0.2) is 34.9 Å². The van der Waals surface area contributed by atoms with E-state index in [1.165, 1.54) is 0 Å². The van der Waals surface area contributed by atoms with Crippen LogP contribution in [0.2, 0.25) is 0 Å². The Labute approximate surface area is 91.9 Å². The molecule has 2 heterocycles. The van der Waals surface area contributed by atoms with Crippen molar-refractivity contribution in [3.8, 4) is 0 Å². The molecule has 5 nitrogen and oxygen atoms in total. The van der Waals surface area contributed by atoms with Crippen LogP contribution in [0, 0.1) is 0 Å². The first kappa shape index (κ1) is 9.72. The molecule has 1 fully saturated rings. The molecule has 2 rings (SSSR count). The van der Waals surface area contributed by atoms with Crippen molar-refractivity contribution in [2.45, 2.75) is 14.7 Å². The molecule has 1 saturated heterocycles. The second-order valence-corrected chi connectivity index (χ2v) is 9.74. The number of aliphatic imine (C=N–C) groups is 1. The highest BCUT2D eigenvalue weighted by atomic mass is 79.9. The van der Waals surface area contributed by atoms with Crippen molar-refractivity contribution in [1.82, 2.24) is 0 Å². The third-order valence-corrected chi connectivity index (χ3v) is 7.73. The molecule has 0 bridgehead atoms. The Morgan fingerprint density at radius 3 is 2.77 bits per heavy atom. The van der Waals surface area contributed by atoms with Gasteiger partial charge in [0.1, 0.15) is 6.04 Å². The van der Waals surface area contributed by atoms with Crippen molar-refractivity contribution >= 4 is 47.7 Å². The number of halogens is 2. The Morgan fingerprint density at radius 2 is 2.23 bits per heavy atom. The van der Waals surface area contributed by atoms with Crippen molar-refractivity contribution in [3.63, 3.8) is 0 Å². The minimum absolute atomic E-state index is 0.0468. The molecule has 0 aliphatic carbocycles. The number of hydrogen-bond donors (Lipinski definition) is 1. The largest absolute Gasteiger partial charge is 0.456 e. The van der Waals surface area contributed by atoms with Gasteiger partial charge in [-0.2, -0.15) is 0 Å². The quantitative estimate of drug-likeness (QED) is 0.630. The van der Waals surface area contributed by atoms with Crippen molar-refractivity contribution in [1.29, 1.82) is 0 Å². The Morgan fingerprint density at radius 1 is 1.62 bits per heavy atom. The number of alkyl halides is 2. The van der Waals surface area contributed by atoms with Gasteiger partial charge >= 0.3 is 0 Å². The molecule has 0 radical (unpaired) electrons. The first-order chi connectivity index (χ1) is 5.84. The van der Waals surface area contributed by atoms with E-state index < -0.39 is 24.5 Å². The van der Waals surface area contributed by atoms with Gasteiger partial charge in [0, 0.05) is 0 Å². The van der Waals surface area contributed by atoms with Gasteiger partial charge in [-0.3, -0.25) is 0 Å². The number of amidine groups is 1. The molecule has 0 spiro atoms. The Hall–Kier alpha value is 0.180. The summed E-state index contributed by atoms with van der Waals surface area (Å²) >= 11 is 6.15. The lowest BCUT2D eigenvalue weighted by Gasteiger charge is -2.19. The molecule has 2 N–H and O–H groups in total. The Balaban J connectivity index is 2.44. The van der Waals surface area contributed by atoms with Gasteiger partial charge in [0.2, 0.25) is 2.57 Å². The highest BCUT2D eigenvalue weighted by Gasteiger charge is 2.61. The minimum atomic E-state index is -3.26. The molecule has 2 aliphatic rings. The molecule has 74 valence electrons. The second kappa shape index (κ2) is 2.60. The fourth-order valence-electron chi connectivity index (χ4n) is 1.40. The average molecular weight is 334 g/mol. The number of fused-ring (bicyclic) bond motifs is 1. The van der Waals surface area contributed by atoms with Gasteiger partial charge in [0.15, 0.2) is 15.9 Å². The maximum atomic E-state index is 11.5. The zero-order valence-electron chi connectivity index (χ0n) is 6.28. The number of hydrogen-bond acceptors (Lipinski definition) is 5. The lowest BCUT2D eigenvalue weighted by Crippen LogP contribution is -2.35. The second-order valence-electron chi connectivity index (χ2n) is 2.92. The SMILES string of the molecule is NC1=N[C@H]2CS(=O)(=O)C(Br)(Br)[C@@H]2O1. The third-order valence-electron chi connectivity index (χ3n) is 2.03. The number of rotatable bonds is 0. The number of nitrogens with two attached hydrogens (primary N) is 1. The molecule has 0 unspecified atom stereocenters. The number of nitrogens with zero attached hydrogens (tertiary/aromatic N) is 1. The lowest BCUT2D eigenvalue weighted by atomic mass is 10.2. The van der Waals surface area contributed by atoms with Crippen LogP contribution in [0.25, 0.3) is 0 Å². The molecule has 0 aromatic rings. The molecule has 0 amide bonds. The van der Waals surface area contributed by atoms with Crippen molar-refractivity contribution in [3.05, 3.63) is 0 Å². The van der Waals surface area contributed by atoms with Crippen molar-refractivity contribution in [2.75, 3.05) is 5.75 Å². The molecular formula is C5H6Br2N2O3S.